The number of benzene rings is 1. The van der Waals surface area contributed by atoms with Gasteiger partial charge in [0.15, 0.2) is 0 Å². The normalized spacial score (nSPS) is 13.6. The maximum Gasteiger partial charge on any atom is 0.259 e. The molecule has 0 fully saturated rings. The molecule has 1 aromatic carbocycles. The average Bonchev–Trinajstić information content (AvgIpc) is 2.45. The summed E-state index contributed by atoms with van der Waals surface area (Å²) in [6, 6.07) is 10.2. The average molecular weight is 268 g/mol. The van der Waals surface area contributed by atoms with Crippen molar-refractivity contribution in [2.24, 2.45) is 0 Å². The summed E-state index contributed by atoms with van der Waals surface area (Å²) in [5, 5.41) is 2.74. The van der Waals surface area contributed by atoms with Crippen LogP contribution in [0.2, 0.25) is 0 Å². The number of para-hydroxylation sites is 2. The van der Waals surface area contributed by atoms with E-state index in [9.17, 15) is 9.59 Å². The molecular formula is C14H12N4O2. The van der Waals surface area contributed by atoms with Crippen molar-refractivity contribution >= 4 is 29.0 Å². The summed E-state index contributed by atoms with van der Waals surface area (Å²) in [6.45, 7) is -0.0158. The zero-order valence-electron chi connectivity index (χ0n) is 10.5. The number of fused-ring (bicyclic) bond motifs is 1. The summed E-state index contributed by atoms with van der Waals surface area (Å²) < 4.78 is 0. The lowest BCUT2D eigenvalue weighted by molar-refractivity contribution is -0.115. The molecule has 0 saturated carbocycles. The molecule has 0 atom stereocenters. The first-order valence-corrected chi connectivity index (χ1v) is 6.07. The van der Waals surface area contributed by atoms with Crippen molar-refractivity contribution < 1.29 is 9.59 Å². The van der Waals surface area contributed by atoms with Crippen molar-refractivity contribution in [1.82, 2.24) is 4.98 Å². The molecule has 2 heterocycles. The van der Waals surface area contributed by atoms with E-state index in [0.29, 0.717) is 16.9 Å². The van der Waals surface area contributed by atoms with Gasteiger partial charge in [0, 0.05) is 11.8 Å². The lowest BCUT2D eigenvalue weighted by atomic mass is 10.1. The molecule has 2 amide bonds. The van der Waals surface area contributed by atoms with Crippen LogP contribution in [0.3, 0.4) is 0 Å². The van der Waals surface area contributed by atoms with Crippen molar-refractivity contribution in [1.29, 1.82) is 0 Å². The van der Waals surface area contributed by atoms with Gasteiger partial charge in [-0.3, -0.25) is 14.5 Å². The third-order valence-electron chi connectivity index (χ3n) is 3.04. The van der Waals surface area contributed by atoms with Gasteiger partial charge < -0.3 is 11.1 Å². The number of carbonyl (C=O) groups excluding carboxylic acids is 2. The molecule has 0 radical (unpaired) electrons. The van der Waals surface area contributed by atoms with Crippen molar-refractivity contribution in [3.63, 3.8) is 0 Å². The quantitative estimate of drug-likeness (QED) is 0.815. The van der Waals surface area contributed by atoms with Gasteiger partial charge in [-0.25, -0.2) is 4.98 Å². The second kappa shape index (κ2) is 4.65. The van der Waals surface area contributed by atoms with Crippen LogP contribution in [0, 0.1) is 0 Å². The van der Waals surface area contributed by atoms with E-state index in [0.717, 1.165) is 0 Å². The number of anilines is 3. The van der Waals surface area contributed by atoms with Gasteiger partial charge >= 0.3 is 0 Å². The SMILES string of the molecule is Nc1cc(C(=O)N2CC(=O)Nc3ccccc32)ccn1. The zero-order chi connectivity index (χ0) is 14.1. The van der Waals surface area contributed by atoms with E-state index in [-0.39, 0.29) is 24.2 Å². The van der Waals surface area contributed by atoms with Crippen LogP contribution in [0.5, 0.6) is 0 Å². The lowest BCUT2D eigenvalue weighted by Gasteiger charge is -2.29. The minimum Gasteiger partial charge on any atom is -0.384 e. The Bertz CT molecular complexity index is 699. The standard InChI is InChI=1S/C14H12N4O2/c15-12-7-9(5-6-16-12)14(20)18-8-13(19)17-10-3-1-2-4-11(10)18/h1-7H,8H2,(H2,15,16)(H,17,19). The number of nitrogens with one attached hydrogen (secondary N) is 1. The largest absolute Gasteiger partial charge is 0.384 e. The molecular weight excluding hydrogens is 256 g/mol. The van der Waals surface area contributed by atoms with Crippen molar-refractivity contribution in [3.8, 4) is 0 Å². The molecule has 2 aromatic rings. The van der Waals surface area contributed by atoms with Gasteiger partial charge in [-0.1, -0.05) is 12.1 Å². The molecule has 0 bridgehead atoms. The number of hydrogen-bond donors (Lipinski definition) is 2. The fraction of sp³-hybridized carbons (Fsp3) is 0.0714. The van der Waals surface area contributed by atoms with Gasteiger partial charge in [-0.2, -0.15) is 0 Å². The Morgan fingerprint density at radius 1 is 1.30 bits per heavy atom. The number of rotatable bonds is 1. The number of nitrogens with two attached hydrogens (primary N) is 1. The van der Waals surface area contributed by atoms with Crippen molar-refractivity contribution in [2.75, 3.05) is 22.5 Å². The highest BCUT2D eigenvalue weighted by Gasteiger charge is 2.27. The first kappa shape index (κ1) is 12.2. The molecule has 100 valence electrons. The van der Waals surface area contributed by atoms with Gasteiger partial charge in [-0.05, 0) is 24.3 Å². The van der Waals surface area contributed by atoms with E-state index < -0.39 is 0 Å². The number of hydrogen-bond acceptors (Lipinski definition) is 4. The van der Waals surface area contributed by atoms with Crippen LogP contribution < -0.4 is 16.0 Å². The smallest absolute Gasteiger partial charge is 0.259 e. The predicted molar refractivity (Wildman–Crippen MR) is 75.4 cm³/mol. The minimum absolute atomic E-state index is 0.0158. The minimum atomic E-state index is -0.276. The maximum atomic E-state index is 12.5. The molecule has 3 N–H and O–H groups in total. The summed E-state index contributed by atoms with van der Waals surface area (Å²) in [4.78, 5) is 29.5. The van der Waals surface area contributed by atoms with Crippen molar-refractivity contribution in [3.05, 3.63) is 48.2 Å². The van der Waals surface area contributed by atoms with E-state index in [1.54, 1.807) is 24.3 Å². The van der Waals surface area contributed by atoms with Crippen LogP contribution in [0.1, 0.15) is 10.4 Å². The molecule has 0 unspecified atom stereocenters. The Hall–Kier alpha value is -2.89. The molecule has 0 saturated heterocycles. The summed E-state index contributed by atoms with van der Waals surface area (Å²) >= 11 is 0. The Kier molecular flexibility index (Phi) is 2.83. The highest BCUT2D eigenvalue weighted by molar-refractivity contribution is 6.15. The number of nitrogens with zero attached hydrogens (tertiary/aromatic N) is 2. The first-order chi connectivity index (χ1) is 9.65. The number of amides is 2. The molecule has 20 heavy (non-hydrogen) atoms. The number of pyridine rings is 1. The van der Waals surface area contributed by atoms with Gasteiger partial charge in [0.25, 0.3) is 5.91 Å². The van der Waals surface area contributed by atoms with Crippen LogP contribution >= 0.6 is 0 Å². The molecule has 1 aromatic heterocycles. The maximum absolute atomic E-state index is 12.5. The Morgan fingerprint density at radius 3 is 2.90 bits per heavy atom. The van der Waals surface area contributed by atoms with Crippen molar-refractivity contribution in [2.45, 2.75) is 0 Å². The third-order valence-corrected chi connectivity index (χ3v) is 3.04. The monoisotopic (exact) mass is 268 g/mol. The molecule has 1 aliphatic heterocycles. The lowest BCUT2D eigenvalue weighted by Crippen LogP contribution is -2.42. The number of nitrogen functional groups attached to an aromatic ring is 1. The predicted octanol–water partition coefficient (Wildman–Crippen LogP) is 1.26. The van der Waals surface area contributed by atoms with E-state index in [4.69, 9.17) is 5.73 Å². The van der Waals surface area contributed by atoms with Crippen LogP contribution in [0.25, 0.3) is 0 Å². The summed E-state index contributed by atoms with van der Waals surface area (Å²) in [5.41, 5.74) is 7.29. The molecule has 0 aliphatic carbocycles. The molecule has 6 heteroatoms. The second-order valence-electron chi connectivity index (χ2n) is 4.43. The van der Waals surface area contributed by atoms with Crippen LogP contribution in [0.4, 0.5) is 17.2 Å². The fourth-order valence-electron chi connectivity index (χ4n) is 2.15. The zero-order valence-corrected chi connectivity index (χ0v) is 10.5. The molecule has 1 aliphatic rings. The van der Waals surface area contributed by atoms with E-state index in [2.05, 4.69) is 10.3 Å². The van der Waals surface area contributed by atoms with E-state index in [1.807, 2.05) is 6.07 Å². The Balaban J connectivity index is 2.02. The summed E-state index contributed by atoms with van der Waals surface area (Å²) in [5.74, 6) is -0.230. The van der Waals surface area contributed by atoms with Gasteiger partial charge in [-0.15, -0.1) is 0 Å². The summed E-state index contributed by atoms with van der Waals surface area (Å²) in [7, 11) is 0. The topological polar surface area (TPSA) is 88.3 Å². The van der Waals surface area contributed by atoms with Gasteiger partial charge in [0.2, 0.25) is 5.91 Å². The van der Waals surface area contributed by atoms with Crippen LogP contribution in [0.15, 0.2) is 42.6 Å². The molecule has 6 nitrogen and oxygen atoms in total. The van der Waals surface area contributed by atoms with Gasteiger partial charge in [0.05, 0.1) is 11.4 Å². The number of carbonyl (C=O) groups is 2. The van der Waals surface area contributed by atoms with E-state index >= 15 is 0 Å². The van der Waals surface area contributed by atoms with Crippen LogP contribution in [-0.2, 0) is 4.79 Å². The fourth-order valence-corrected chi connectivity index (χ4v) is 2.15. The molecule has 3 rings (SSSR count). The Morgan fingerprint density at radius 2 is 2.10 bits per heavy atom. The summed E-state index contributed by atoms with van der Waals surface area (Å²) in [6.07, 6.45) is 1.47. The van der Waals surface area contributed by atoms with Crippen LogP contribution in [-0.4, -0.2) is 23.3 Å². The third kappa shape index (κ3) is 2.07. The second-order valence-corrected chi connectivity index (χ2v) is 4.43. The highest BCUT2D eigenvalue weighted by atomic mass is 16.2. The van der Waals surface area contributed by atoms with Gasteiger partial charge in [0.1, 0.15) is 12.4 Å². The first-order valence-electron chi connectivity index (χ1n) is 6.07. The Labute approximate surface area is 115 Å². The molecule has 0 spiro atoms. The highest BCUT2D eigenvalue weighted by Crippen LogP contribution is 2.30. The number of aromatic nitrogens is 1. The van der Waals surface area contributed by atoms with E-state index in [1.165, 1.54) is 17.2 Å².